The van der Waals surface area contributed by atoms with Gasteiger partial charge in [-0.15, -0.1) is 0 Å². The predicted molar refractivity (Wildman–Crippen MR) is 81.9 cm³/mol. The van der Waals surface area contributed by atoms with Gasteiger partial charge in [0, 0.05) is 23.7 Å². The highest BCUT2D eigenvalue weighted by atomic mass is 16.6. The zero-order valence-corrected chi connectivity index (χ0v) is 12.3. The lowest BCUT2D eigenvalue weighted by atomic mass is 10.1. The largest absolute Gasteiger partial charge is 0.457 e. The number of nitrogens with one attached hydrogen (secondary N) is 1. The number of ether oxygens (including phenoxy) is 1. The van der Waals surface area contributed by atoms with Crippen molar-refractivity contribution >= 4 is 5.69 Å². The molecule has 0 saturated heterocycles. The number of nitro groups is 1. The minimum absolute atomic E-state index is 0.0988. The monoisotopic (exact) mass is 286 g/mol. The highest BCUT2D eigenvalue weighted by Gasteiger charge is 2.12. The van der Waals surface area contributed by atoms with Crippen LogP contribution in [0.5, 0.6) is 11.5 Å². The molecule has 0 fully saturated rings. The number of nitrogens with zero attached hydrogens (tertiary/aromatic N) is 1. The molecule has 0 radical (unpaired) electrons. The van der Waals surface area contributed by atoms with Gasteiger partial charge in [-0.25, -0.2) is 0 Å². The standard InChI is InChI=1S/C16H18N2O3/c1-11-4-7-16(13(8-11)10-17-3)21-14-5-6-15(18(19)20)12(2)9-14/h4-9,17H,10H2,1-3H3. The molecule has 21 heavy (non-hydrogen) atoms. The van der Waals surface area contributed by atoms with Crippen LogP contribution in [0.25, 0.3) is 0 Å². The van der Waals surface area contributed by atoms with E-state index < -0.39 is 4.92 Å². The first kappa shape index (κ1) is 15.0. The molecule has 0 aromatic heterocycles. The van der Waals surface area contributed by atoms with E-state index in [4.69, 9.17) is 4.74 Å². The van der Waals surface area contributed by atoms with E-state index in [0.29, 0.717) is 17.9 Å². The predicted octanol–water partition coefficient (Wildman–Crippen LogP) is 3.72. The first-order valence-corrected chi connectivity index (χ1v) is 6.68. The topological polar surface area (TPSA) is 64.4 Å². The summed E-state index contributed by atoms with van der Waals surface area (Å²) in [5, 5.41) is 13.9. The maximum atomic E-state index is 10.8. The molecule has 1 N–H and O–H groups in total. The lowest BCUT2D eigenvalue weighted by Crippen LogP contribution is -2.06. The van der Waals surface area contributed by atoms with Gasteiger partial charge in [-0.2, -0.15) is 0 Å². The summed E-state index contributed by atoms with van der Waals surface area (Å²) in [6.45, 7) is 4.43. The van der Waals surface area contributed by atoms with Crippen LogP contribution in [0.1, 0.15) is 16.7 Å². The molecule has 0 saturated carbocycles. The molecule has 2 aromatic carbocycles. The number of hydrogen-bond acceptors (Lipinski definition) is 4. The van der Waals surface area contributed by atoms with E-state index in [1.54, 1.807) is 19.1 Å². The summed E-state index contributed by atoms with van der Waals surface area (Å²) < 4.78 is 5.87. The van der Waals surface area contributed by atoms with Crippen LogP contribution in [-0.2, 0) is 6.54 Å². The fourth-order valence-corrected chi connectivity index (χ4v) is 2.16. The van der Waals surface area contributed by atoms with Gasteiger partial charge >= 0.3 is 0 Å². The minimum Gasteiger partial charge on any atom is -0.457 e. The van der Waals surface area contributed by atoms with Gasteiger partial charge < -0.3 is 10.1 Å². The normalized spacial score (nSPS) is 10.4. The van der Waals surface area contributed by atoms with Gasteiger partial charge in [0.05, 0.1) is 4.92 Å². The van der Waals surface area contributed by atoms with Gasteiger partial charge in [0.1, 0.15) is 11.5 Å². The quantitative estimate of drug-likeness (QED) is 0.672. The number of hydrogen-bond donors (Lipinski definition) is 1. The molecule has 2 aromatic rings. The third kappa shape index (κ3) is 3.58. The van der Waals surface area contributed by atoms with Crippen molar-refractivity contribution in [3.05, 3.63) is 63.2 Å². The molecule has 2 rings (SSSR count). The summed E-state index contributed by atoms with van der Waals surface area (Å²) in [7, 11) is 1.88. The number of benzene rings is 2. The van der Waals surface area contributed by atoms with Gasteiger partial charge in [-0.3, -0.25) is 10.1 Å². The van der Waals surface area contributed by atoms with Crippen molar-refractivity contribution in [1.82, 2.24) is 5.32 Å². The van der Waals surface area contributed by atoms with Crippen LogP contribution in [-0.4, -0.2) is 12.0 Å². The van der Waals surface area contributed by atoms with E-state index in [9.17, 15) is 10.1 Å². The molecule has 0 aliphatic rings. The SMILES string of the molecule is CNCc1cc(C)ccc1Oc1ccc([N+](=O)[O-])c(C)c1. The second-order valence-electron chi connectivity index (χ2n) is 4.95. The third-order valence-electron chi connectivity index (χ3n) is 3.18. The summed E-state index contributed by atoms with van der Waals surface area (Å²) in [6, 6.07) is 10.7. The highest BCUT2D eigenvalue weighted by Crippen LogP contribution is 2.29. The van der Waals surface area contributed by atoms with E-state index in [1.807, 2.05) is 26.1 Å². The van der Waals surface area contributed by atoms with Gasteiger partial charge in [0.15, 0.2) is 0 Å². The summed E-state index contributed by atoms with van der Waals surface area (Å²) >= 11 is 0. The van der Waals surface area contributed by atoms with Crippen LogP contribution in [0, 0.1) is 24.0 Å². The van der Waals surface area contributed by atoms with Crippen LogP contribution in [0.4, 0.5) is 5.69 Å². The lowest BCUT2D eigenvalue weighted by molar-refractivity contribution is -0.385. The Morgan fingerprint density at radius 2 is 1.95 bits per heavy atom. The molecular formula is C16H18N2O3. The minimum atomic E-state index is -0.391. The lowest BCUT2D eigenvalue weighted by Gasteiger charge is -2.12. The molecule has 0 heterocycles. The Morgan fingerprint density at radius 3 is 2.57 bits per heavy atom. The molecule has 0 spiro atoms. The average Bonchev–Trinajstić information content (AvgIpc) is 2.42. The molecule has 5 heteroatoms. The third-order valence-corrected chi connectivity index (χ3v) is 3.18. The zero-order valence-electron chi connectivity index (χ0n) is 12.3. The molecule has 0 aliphatic carbocycles. The second-order valence-corrected chi connectivity index (χ2v) is 4.95. The van der Waals surface area contributed by atoms with Crippen molar-refractivity contribution in [3.8, 4) is 11.5 Å². The number of aryl methyl sites for hydroxylation is 2. The Morgan fingerprint density at radius 1 is 1.19 bits per heavy atom. The molecule has 0 atom stereocenters. The molecule has 0 bridgehead atoms. The van der Waals surface area contributed by atoms with Crippen molar-refractivity contribution in [1.29, 1.82) is 0 Å². The van der Waals surface area contributed by atoms with Crippen molar-refractivity contribution in [2.45, 2.75) is 20.4 Å². The van der Waals surface area contributed by atoms with E-state index in [1.165, 1.54) is 6.07 Å². The van der Waals surface area contributed by atoms with E-state index >= 15 is 0 Å². The fourth-order valence-electron chi connectivity index (χ4n) is 2.16. The van der Waals surface area contributed by atoms with Crippen LogP contribution >= 0.6 is 0 Å². The summed E-state index contributed by atoms with van der Waals surface area (Å²) in [5.74, 6) is 1.35. The molecule has 110 valence electrons. The summed E-state index contributed by atoms with van der Waals surface area (Å²) in [6.07, 6.45) is 0. The Hall–Kier alpha value is -2.40. The Balaban J connectivity index is 2.30. The van der Waals surface area contributed by atoms with Gasteiger partial charge in [0.2, 0.25) is 0 Å². The second kappa shape index (κ2) is 6.37. The van der Waals surface area contributed by atoms with Crippen molar-refractivity contribution < 1.29 is 9.66 Å². The maximum absolute atomic E-state index is 10.8. The maximum Gasteiger partial charge on any atom is 0.272 e. The number of rotatable bonds is 5. The number of nitro benzene ring substituents is 1. The van der Waals surface area contributed by atoms with Crippen LogP contribution in [0.3, 0.4) is 0 Å². The Kier molecular flexibility index (Phi) is 4.55. The van der Waals surface area contributed by atoms with Crippen molar-refractivity contribution in [2.24, 2.45) is 0 Å². The molecule has 0 amide bonds. The van der Waals surface area contributed by atoms with Gasteiger partial charge in [0.25, 0.3) is 5.69 Å². The Labute approximate surface area is 123 Å². The van der Waals surface area contributed by atoms with E-state index in [2.05, 4.69) is 11.4 Å². The first-order chi connectivity index (χ1) is 10.0. The molecular weight excluding hydrogens is 268 g/mol. The summed E-state index contributed by atoms with van der Waals surface area (Å²) in [4.78, 5) is 10.4. The smallest absolute Gasteiger partial charge is 0.272 e. The average molecular weight is 286 g/mol. The van der Waals surface area contributed by atoms with Crippen molar-refractivity contribution in [2.75, 3.05) is 7.05 Å². The molecule has 0 aliphatic heterocycles. The van der Waals surface area contributed by atoms with E-state index in [-0.39, 0.29) is 5.69 Å². The van der Waals surface area contributed by atoms with E-state index in [0.717, 1.165) is 16.9 Å². The Bertz CT molecular complexity index is 669. The first-order valence-electron chi connectivity index (χ1n) is 6.68. The van der Waals surface area contributed by atoms with Crippen LogP contribution in [0.15, 0.2) is 36.4 Å². The molecule has 5 nitrogen and oxygen atoms in total. The van der Waals surface area contributed by atoms with Crippen LogP contribution < -0.4 is 10.1 Å². The van der Waals surface area contributed by atoms with Crippen LogP contribution in [0.2, 0.25) is 0 Å². The fraction of sp³-hybridized carbons (Fsp3) is 0.250. The van der Waals surface area contributed by atoms with Crippen molar-refractivity contribution in [3.63, 3.8) is 0 Å². The molecule has 0 unspecified atom stereocenters. The highest BCUT2D eigenvalue weighted by molar-refractivity contribution is 5.47. The summed E-state index contributed by atoms with van der Waals surface area (Å²) in [5.41, 5.74) is 2.89. The van der Waals surface area contributed by atoms with Gasteiger partial charge in [-0.05, 0) is 39.1 Å². The zero-order chi connectivity index (χ0) is 15.4. The van der Waals surface area contributed by atoms with Gasteiger partial charge in [-0.1, -0.05) is 17.7 Å².